The number of thiazole rings is 1. The van der Waals surface area contributed by atoms with Gasteiger partial charge in [0, 0.05) is 22.2 Å². The van der Waals surface area contributed by atoms with Crippen LogP contribution >= 0.6 is 27.3 Å². The summed E-state index contributed by atoms with van der Waals surface area (Å²) in [4.78, 5) is 36.4. The maximum Gasteiger partial charge on any atom is 0.358 e. The Labute approximate surface area is 168 Å². The summed E-state index contributed by atoms with van der Waals surface area (Å²) in [6.45, 7) is 1.48. The van der Waals surface area contributed by atoms with E-state index in [0.29, 0.717) is 10.8 Å². The largest absolute Gasteiger partial charge is 0.451 e. The van der Waals surface area contributed by atoms with Crippen molar-refractivity contribution in [1.82, 2.24) is 20.3 Å². The SMILES string of the molecule is CC(NC(=O)COC(=O)c1csc(-c2ncccn2)n1)c1ccc(Br)cc1. The number of aromatic nitrogens is 3. The highest BCUT2D eigenvalue weighted by Crippen LogP contribution is 2.20. The molecule has 0 aliphatic carbocycles. The van der Waals surface area contributed by atoms with Crippen molar-refractivity contribution in [3.8, 4) is 10.8 Å². The predicted molar refractivity (Wildman–Crippen MR) is 104 cm³/mol. The van der Waals surface area contributed by atoms with Crippen LogP contribution in [0.5, 0.6) is 0 Å². The first-order valence-corrected chi connectivity index (χ1v) is 9.65. The normalized spacial score (nSPS) is 11.6. The zero-order valence-electron chi connectivity index (χ0n) is 14.3. The van der Waals surface area contributed by atoms with Crippen LogP contribution in [0.2, 0.25) is 0 Å². The molecule has 0 saturated carbocycles. The molecule has 0 bridgehead atoms. The highest BCUT2D eigenvalue weighted by atomic mass is 79.9. The van der Waals surface area contributed by atoms with Crippen LogP contribution in [0.15, 0.2) is 52.6 Å². The Morgan fingerprint density at radius 2 is 1.93 bits per heavy atom. The molecule has 2 heterocycles. The summed E-state index contributed by atoms with van der Waals surface area (Å²) in [7, 11) is 0. The van der Waals surface area contributed by atoms with Crippen molar-refractivity contribution in [1.29, 1.82) is 0 Å². The monoisotopic (exact) mass is 446 g/mol. The number of hydrogen-bond donors (Lipinski definition) is 1. The molecule has 0 spiro atoms. The number of nitrogens with zero attached hydrogens (tertiary/aromatic N) is 3. The van der Waals surface area contributed by atoms with Gasteiger partial charge in [0.15, 0.2) is 23.1 Å². The summed E-state index contributed by atoms with van der Waals surface area (Å²) in [5, 5.41) is 4.85. The molecule has 0 aliphatic heterocycles. The fraction of sp³-hybridized carbons (Fsp3) is 0.167. The predicted octanol–water partition coefficient (Wildman–Crippen LogP) is 3.40. The minimum absolute atomic E-state index is 0.121. The second-order valence-electron chi connectivity index (χ2n) is 5.53. The average molecular weight is 447 g/mol. The molecular formula is C18H15BrN4O3S. The van der Waals surface area contributed by atoms with E-state index in [1.54, 1.807) is 23.8 Å². The molecule has 27 heavy (non-hydrogen) atoms. The van der Waals surface area contributed by atoms with E-state index < -0.39 is 5.97 Å². The topological polar surface area (TPSA) is 94.1 Å². The Bertz CT molecular complexity index is 931. The maximum atomic E-state index is 12.1. The van der Waals surface area contributed by atoms with E-state index in [9.17, 15) is 9.59 Å². The van der Waals surface area contributed by atoms with E-state index in [4.69, 9.17) is 4.74 Å². The lowest BCUT2D eigenvalue weighted by molar-refractivity contribution is -0.124. The van der Waals surface area contributed by atoms with Crippen molar-refractivity contribution in [2.75, 3.05) is 6.61 Å². The molecule has 1 atom stereocenters. The van der Waals surface area contributed by atoms with Crippen LogP contribution < -0.4 is 5.32 Å². The van der Waals surface area contributed by atoms with Gasteiger partial charge >= 0.3 is 5.97 Å². The van der Waals surface area contributed by atoms with E-state index in [0.717, 1.165) is 10.0 Å². The van der Waals surface area contributed by atoms with Crippen molar-refractivity contribution < 1.29 is 14.3 Å². The summed E-state index contributed by atoms with van der Waals surface area (Å²) in [6, 6.07) is 9.10. The first kappa shape index (κ1) is 19.1. The van der Waals surface area contributed by atoms with Gasteiger partial charge in [-0.3, -0.25) is 4.79 Å². The maximum absolute atomic E-state index is 12.1. The molecule has 3 rings (SSSR count). The summed E-state index contributed by atoms with van der Waals surface area (Å²) >= 11 is 4.60. The Hall–Kier alpha value is -2.65. The molecule has 0 fully saturated rings. The number of hydrogen-bond acceptors (Lipinski definition) is 7. The molecule has 2 aromatic heterocycles. The number of carbonyl (C=O) groups excluding carboxylic acids is 2. The first-order chi connectivity index (χ1) is 13.0. The lowest BCUT2D eigenvalue weighted by Gasteiger charge is -2.14. The molecule has 138 valence electrons. The van der Waals surface area contributed by atoms with Gasteiger partial charge in [0.2, 0.25) is 0 Å². The fourth-order valence-electron chi connectivity index (χ4n) is 2.20. The third kappa shape index (κ3) is 5.18. The summed E-state index contributed by atoms with van der Waals surface area (Å²) in [5.41, 5.74) is 1.07. The average Bonchev–Trinajstić information content (AvgIpc) is 3.17. The minimum Gasteiger partial charge on any atom is -0.451 e. The van der Waals surface area contributed by atoms with Gasteiger partial charge < -0.3 is 10.1 Å². The van der Waals surface area contributed by atoms with Gasteiger partial charge in [-0.05, 0) is 30.7 Å². The lowest BCUT2D eigenvalue weighted by atomic mass is 10.1. The van der Waals surface area contributed by atoms with Crippen LogP contribution in [0, 0.1) is 0 Å². The zero-order chi connectivity index (χ0) is 19.2. The Kier molecular flexibility index (Phi) is 6.25. The van der Waals surface area contributed by atoms with Crippen molar-refractivity contribution in [2.45, 2.75) is 13.0 Å². The highest BCUT2D eigenvalue weighted by molar-refractivity contribution is 9.10. The standard InChI is InChI=1S/C18H15BrN4O3S/c1-11(12-3-5-13(19)6-4-12)22-15(24)9-26-18(25)14-10-27-17(23-14)16-20-7-2-8-21-16/h2-8,10-11H,9H2,1H3,(H,22,24). The Balaban J connectivity index is 1.52. The van der Waals surface area contributed by atoms with E-state index in [1.165, 1.54) is 11.3 Å². The van der Waals surface area contributed by atoms with Crippen LogP contribution in [-0.4, -0.2) is 33.4 Å². The van der Waals surface area contributed by atoms with Crippen LogP contribution in [0.3, 0.4) is 0 Å². The van der Waals surface area contributed by atoms with Gasteiger partial charge in [0.05, 0.1) is 6.04 Å². The van der Waals surface area contributed by atoms with E-state index in [-0.39, 0.29) is 24.2 Å². The smallest absolute Gasteiger partial charge is 0.358 e. The zero-order valence-corrected chi connectivity index (χ0v) is 16.7. The summed E-state index contributed by atoms with van der Waals surface area (Å²) < 4.78 is 6.00. The lowest BCUT2D eigenvalue weighted by Crippen LogP contribution is -2.31. The molecule has 1 amide bonds. The molecule has 3 aromatic rings. The fourth-order valence-corrected chi connectivity index (χ4v) is 3.20. The molecule has 1 N–H and O–H groups in total. The number of ether oxygens (including phenoxy) is 1. The van der Waals surface area contributed by atoms with E-state index >= 15 is 0 Å². The number of carbonyl (C=O) groups is 2. The second kappa shape index (κ2) is 8.83. The van der Waals surface area contributed by atoms with Gasteiger partial charge in [0.1, 0.15) is 0 Å². The minimum atomic E-state index is -0.667. The van der Waals surface area contributed by atoms with Crippen LogP contribution in [0.1, 0.15) is 29.0 Å². The Morgan fingerprint density at radius 1 is 1.22 bits per heavy atom. The van der Waals surface area contributed by atoms with Crippen LogP contribution in [-0.2, 0) is 9.53 Å². The summed E-state index contributed by atoms with van der Waals surface area (Å²) in [5.74, 6) is -0.622. The van der Waals surface area contributed by atoms with Gasteiger partial charge in [-0.2, -0.15) is 0 Å². The number of halogens is 1. The van der Waals surface area contributed by atoms with Crippen molar-refractivity contribution in [3.05, 3.63) is 63.8 Å². The second-order valence-corrected chi connectivity index (χ2v) is 7.30. The highest BCUT2D eigenvalue weighted by Gasteiger charge is 2.17. The molecule has 7 nitrogen and oxygen atoms in total. The van der Waals surface area contributed by atoms with Crippen molar-refractivity contribution in [3.63, 3.8) is 0 Å². The molecule has 1 unspecified atom stereocenters. The molecule has 0 radical (unpaired) electrons. The van der Waals surface area contributed by atoms with Crippen LogP contribution in [0.4, 0.5) is 0 Å². The third-order valence-corrected chi connectivity index (χ3v) is 4.92. The van der Waals surface area contributed by atoms with E-state index in [2.05, 4.69) is 36.2 Å². The quantitative estimate of drug-likeness (QED) is 0.583. The van der Waals surface area contributed by atoms with Crippen LogP contribution in [0.25, 0.3) is 10.8 Å². The number of benzene rings is 1. The van der Waals surface area contributed by atoms with E-state index in [1.807, 2.05) is 31.2 Å². The van der Waals surface area contributed by atoms with Gasteiger partial charge in [-0.25, -0.2) is 19.7 Å². The molecule has 9 heteroatoms. The molecular weight excluding hydrogens is 432 g/mol. The van der Waals surface area contributed by atoms with Gasteiger partial charge in [-0.1, -0.05) is 28.1 Å². The first-order valence-electron chi connectivity index (χ1n) is 7.98. The van der Waals surface area contributed by atoms with Gasteiger partial charge in [0.25, 0.3) is 5.91 Å². The Morgan fingerprint density at radius 3 is 2.63 bits per heavy atom. The number of nitrogens with one attached hydrogen (secondary N) is 1. The molecule has 0 saturated heterocycles. The molecule has 1 aromatic carbocycles. The third-order valence-electron chi connectivity index (χ3n) is 3.55. The number of rotatable bonds is 6. The van der Waals surface area contributed by atoms with Gasteiger partial charge in [-0.15, -0.1) is 11.3 Å². The number of esters is 1. The summed E-state index contributed by atoms with van der Waals surface area (Å²) in [6.07, 6.45) is 3.19. The number of amides is 1. The van der Waals surface area contributed by atoms with Crippen molar-refractivity contribution in [2.24, 2.45) is 0 Å². The van der Waals surface area contributed by atoms with Crippen molar-refractivity contribution >= 4 is 39.1 Å². The molecule has 0 aliphatic rings.